The summed E-state index contributed by atoms with van der Waals surface area (Å²) in [4.78, 5) is 4.03. The third kappa shape index (κ3) is 4.08. The highest BCUT2D eigenvalue weighted by atomic mass is 79.9. The summed E-state index contributed by atoms with van der Waals surface area (Å²) in [5.74, 6) is 0. The Balaban J connectivity index is 1.72. The molecule has 0 atom stereocenters. The lowest BCUT2D eigenvalue weighted by Crippen LogP contribution is -2.35. The number of thiophene rings is 1. The summed E-state index contributed by atoms with van der Waals surface area (Å²) in [5, 5.41) is 2.08. The molecule has 0 N–H and O–H groups in total. The molecule has 24 heavy (non-hydrogen) atoms. The maximum Gasteiger partial charge on any atom is 0.244 e. The predicted octanol–water partition coefficient (Wildman–Crippen LogP) is 3.72. The van der Waals surface area contributed by atoms with Gasteiger partial charge in [-0.3, -0.25) is 4.90 Å². The van der Waals surface area contributed by atoms with Crippen LogP contribution in [0.4, 0.5) is 0 Å². The van der Waals surface area contributed by atoms with Gasteiger partial charge in [-0.1, -0.05) is 12.1 Å². The number of halogens is 1. The maximum atomic E-state index is 13.0. The maximum absolute atomic E-state index is 13.0. The van der Waals surface area contributed by atoms with Crippen LogP contribution in [0.2, 0.25) is 0 Å². The molecule has 0 unspecified atom stereocenters. The molecule has 2 heterocycles. The number of aryl methyl sites for hydroxylation is 1. The third-order valence-electron chi connectivity index (χ3n) is 4.21. The van der Waals surface area contributed by atoms with Crippen LogP contribution in [0.25, 0.3) is 0 Å². The van der Waals surface area contributed by atoms with Crippen molar-refractivity contribution in [2.24, 2.45) is 0 Å². The van der Waals surface area contributed by atoms with E-state index in [1.165, 1.54) is 4.88 Å². The van der Waals surface area contributed by atoms with E-state index in [-0.39, 0.29) is 0 Å². The first kappa shape index (κ1) is 18.1. The first-order chi connectivity index (χ1) is 11.5. The molecule has 4 nitrogen and oxygen atoms in total. The van der Waals surface area contributed by atoms with E-state index in [0.717, 1.165) is 31.6 Å². The molecule has 1 saturated heterocycles. The van der Waals surface area contributed by atoms with E-state index in [0.29, 0.717) is 22.5 Å². The Labute approximate surface area is 156 Å². The van der Waals surface area contributed by atoms with Gasteiger partial charge < -0.3 is 0 Å². The van der Waals surface area contributed by atoms with Crippen LogP contribution >= 0.6 is 27.3 Å². The van der Waals surface area contributed by atoms with Crippen molar-refractivity contribution in [1.82, 2.24) is 9.21 Å². The monoisotopic (exact) mass is 428 g/mol. The molecular formula is C17H21BrN2O2S2. The second-order valence-corrected chi connectivity index (χ2v) is 9.84. The third-order valence-corrected chi connectivity index (χ3v) is 7.95. The van der Waals surface area contributed by atoms with E-state index < -0.39 is 10.0 Å². The molecule has 1 aromatic heterocycles. The van der Waals surface area contributed by atoms with Crippen molar-refractivity contribution in [2.75, 3.05) is 26.2 Å². The number of hydrogen-bond acceptors (Lipinski definition) is 4. The number of sulfonamides is 1. The van der Waals surface area contributed by atoms with Crippen LogP contribution in [0.1, 0.15) is 16.9 Å². The van der Waals surface area contributed by atoms with Gasteiger partial charge in [-0.05, 0) is 65.0 Å². The van der Waals surface area contributed by atoms with Crippen molar-refractivity contribution in [3.63, 3.8) is 0 Å². The molecule has 0 saturated carbocycles. The zero-order valence-corrected chi connectivity index (χ0v) is 16.8. The molecule has 0 amide bonds. The van der Waals surface area contributed by atoms with Gasteiger partial charge in [0.25, 0.3) is 0 Å². The molecule has 130 valence electrons. The quantitative estimate of drug-likeness (QED) is 0.744. The van der Waals surface area contributed by atoms with Gasteiger partial charge in [0, 0.05) is 35.5 Å². The number of nitrogens with zero attached hydrogens (tertiary/aromatic N) is 2. The first-order valence-corrected chi connectivity index (χ1v) is 11.1. The van der Waals surface area contributed by atoms with Crippen LogP contribution in [0.3, 0.4) is 0 Å². The fourth-order valence-corrected chi connectivity index (χ4v) is 6.29. The lowest BCUT2D eigenvalue weighted by Gasteiger charge is -2.22. The van der Waals surface area contributed by atoms with E-state index >= 15 is 0 Å². The normalized spacial score (nSPS) is 17.8. The number of rotatable bonds is 4. The average Bonchev–Trinajstić information content (AvgIpc) is 2.90. The SMILES string of the molecule is Cc1ccc(S(=O)(=O)N2CCCN(Cc3cccs3)CC2)c(Br)c1. The Bertz CT molecular complexity index is 791. The molecule has 7 heteroatoms. The van der Waals surface area contributed by atoms with E-state index in [4.69, 9.17) is 0 Å². The molecule has 0 bridgehead atoms. The van der Waals surface area contributed by atoms with Gasteiger partial charge >= 0.3 is 0 Å². The Morgan fingerprint density at radius 3 is 2.71 bits per heavy atom. The van der Waals surface area contributed by atoms with Crippen LogP contribution in [0.15, 0.2) is 45.1 Å². The number of benzene rings is 1. The van der Waals surface area contributed by atoms with Crippen molar-refractivity contribution in [2.45, 2.75) is 24.8 Å². The van der Waals surface area contributed by atoms with Crippen molar-refractivity contribution in [3.05, 3.63) is 50.6 Å². The fraction of sp³-hybridized carbons (Fsp3) is 0.412. The summed E-state index contributed by atoms with van der Waals surface area (Å²) in [7, 11) is -3.46. The van der Waals surface area contributed by atoms with Crippen molar-refractivity contribution >= 4 is 37.3 Å². The van der Waals surface area contributed by atoms with E-state index in [1.807, 2.05) is 19.1 Å². The minimum atomic E-state index is -3.46. The largest absolute Gasteiger partial charge is 0.297 e. The molecule has 0 radical (unpaired) electrons. The van der Waals surface area contributed by atoms with Gasteiger partial charge in [-0.25, -0.2) is 8.42 Å². The van der Waals surface area contributed by atoms with E-state index in [2.05, 4.69) is 38.3 Å². The second kappa shape index (κ2) is 7.66. The van der Waals surface area contributed by atoms with E-state index in [9.17, 15) is 8.42 Å². The standard InChI is InChI=1S/C17H21BrN2O2S2/c1-14-5-6-17(16(18)12-14)24(21,22)20-8-3-7-19(9-10-20)13-15-4-2-11-23-15/h2,4-6,11-12H,3,7-10,13H2,1H3. The lowest BCUT2D eigenvalue weighted by molar-refractivity contribution is 0.281. The highest BCUT2D eigenvalue weighted by Crippen LogP contribution is 2.27. The van der Waals surface area contributed by atoms with Crippen LogP contribution in [0, 0.1) is 6.92 Å². The summed E-state index contributed by atoms with van der Waals surface area (Å²) in [6, 6.07) is 9.59. The summed E-state index contributed by atoms with van der Waals surface area (Å²) in [6.07, 6.45) is 0.855. The van der Waals surface area contributed by atoms with Crippen LogP contribution in [-0.4, -0.2) is 43.8 Å². The molecule has 3 rings (SSSR count). The molecule has 1 aromatic carbocycles. The topological polar surface area (TPSA) is 40.6 Å². The van der Waals surface area contributed by atoms with Crippen molar-refractivity contribution in [3.8, 4) is 0 Å². The molecule has 1 fully saturated rings. The highest BCUT2D eigenvalue weighted by molar-refractivity contribution is 9.10. The van der Waals surface area contributed by atoms with Crippen LogP contribution in [0.5, 0.6) is 0 Å². The lowest BCUT2D eigenvalue weighted by atomic mass is 10.2. The second-order valence-electron chi connectivity index (χ2n) is 6.05. The van der Waals surface area contributed by atoms with Crippen LogP contribution < -0.4 is 0 Å². The Kier molecular flexibility index (Phi) is 5.77. The molecule has 1 aliphatic rings. The zero-order chi connectivity index (χ0) is 17.2. The summed E-state index contributed by atoms with van der Waals surface area (Å²) >= 11 is 5.16. The summed E-state index contributed by atoms with van der Waals surface area (Å²) in [6.45, 7) is 5.66. The Hall–Kier alpha value is -0.730. The minimum absolute atomic E-state index is 0.361. The molecular weight excluding hydrogens is 408 g/mol. The average molecular weight is 429 g/mol. The molecule has 0 aliphatic carbocycles. The molecule has 0 spiro atoms. The van der Waals surface area contributed by atoms with Gasteiger partial charge in [0.1, 0.15) is 0 Å². The molecule has 2 aromatic rings. The van der Waals surface area contributed by atoms with E-state index in [1.54, 1.807) is 21.7 Å². The van der Waals surface area contributed by atoms with Crippen molar-refractivity contribution in [1.29, 1.82) is 0 Å². The minimum Gasteiger partial charge on any atom is -0.297 e. The van der Waals surface area contributed by atoms with Gasteiger partial charge in [0.2, 0.25) is 10.0 Å². The Morgan fingerprint density at radius 2 is 2.00 bits per heavy atom. The van der Waals surface area contributed by atoms with Gasteiger partial charge in [0.05, 0.1) is 4.90 Å². The van der Waals surface area contributed by atoms with Gasteiger partial charge in [-0.2, -0.15) is 4.31 Å². The number of hydrogen-bond donors (Lipinski definition) is 0. The summed E-state index contributed by atoms with van der Waals surface area (Å²) in [5.41, 5.74) is 1.04. The van der Waals surface area contributed by atoms with Gasteiger partial charge in [0.15, 0.2) is 0 Å². The first-order valence-electron chi connectivity index (χ1n) is 7.98. The highest BCUT2D eigenvalue weighted by Gasteiger charge is 2.28. The fourth-order valence-electron chi connectivity index (χ4n) is 2.92. The summed E-state index contributed by atoms with van der Waals surface area (Å²) < 4.78 is 28.2. The molecule has 1 aliphatic heterocycles. The van der Waals surface area contributed by atoms with Crippen molar-refractivity contribution < 1.29 is 8.42 Å². The van der Waals surface area contributed by atoms with Gasteiger partial charge in [-0.15, -0.1) is 11.3 Å². The Morgan fingerprint density at radius 1 is 1.17 bits per heavy atom. The zero-order valence-electron chi connectivity index (χ0n) is 13.6. The smallest absolute Gasteiger partial charge is 0.244 e. The van der Waals surface area contributed by atoms with Crippen LogP contribution in [-0.2, 0) is 16.6 Å². The predicted molar refractivity (Wildman–Crippen MR) is 102 cm³/mol.